The first-order chi connectivity index (χ1) is 10.5. The highest BCUT2D eigenvalue weighted by Gasteiger charge is 2.37. The maximum absolute atomic E-state index is 12.1. The van der Waals surface area contributed by atoms with Crippen LogP contribution in [-0.2, 0) is 9.59 Å². The van der Waals surface area contributed by atoms with Crippen molar-refractivity contribution < 1.29 is 14.4 Å². The number of hydrogen-bond donors (Lipinski definition) is 1. The minimum absolute atomic E-state index is 0.102. The molecule has 1 aromatic carbocycles. The number of nitrogens with one attached hydrogen (secondary N) is 1. The number of halogens is 1. The van der Waals surface area contributed by atoms with Gasteiger partial charge in [-0.1, -0.05) is 13.0 Å². The number of Topliss-reactive ketones (excluding diaryl/α,β-unsaturated/α-hetero) is 1. The molecule has 1 aliphatic heterocycles. The van der Waals surface area contributed by atoms with Gasteiger partial charge in [-0.05, 0) is 41.5 Å². The number of para-hydroxylation sites is 1. The highest BCUT2D eigenvalue weighted by atomic mass is 79.9. The summed E-state index contributed by atoms with van der Waals surface area (Å²) in [5.74, 6) is -1.18. The van der Waals surface area contributed by atoms with Crippen LogP contribution in [0.15, 0.2) is 22.7 Å². The van der Waals surface area contributed by atoms with Gasteiger partial charge < -0.3 is 5.32 Å². The topological polar surface area (TPSA) is 69.7 Å². The first-order valence-corrected chi connectivity index (χ1v) is 7.85. The van der Waals surface area contributed by atoms with Gasteiger partial charge in [-0.15, -0.1) is 0 Å². The number of ketones is 1. The predicted octanol–water partition coefficient (Wildman–Crippen LogP) is 1.39. The zero-order valence-electron chi connectivity index (χ0n) is 12.6. The van der Waals surface area contributed by atoms with E-state index < -0.39 is 11.7 Å². The molecule has 22 heavy (non-hydrogen) atoms. The van der Waals surface area contributed by atoms with Gasteiger partial charge in [-0.25, -0.2) is 0 Å². The van der Waals surface area contributed by atoms with E-state index in [1.165, 1.54) is 4.90 Å². The van der Waals surface area contributed by atoms with E-state index in [1.807, 2.05) is 6.92 Å². The van der Waals surface area contributed by atoms with Crippen LogP contribution in [-0.4, -0.2) is 49.3 Å². The molecule has 2 amide bonds. The van der Waals surface area contributed by atoms with Crippen LogP contribution in [0.5, 0.6) is 0 Å². The Hall–Kier alpha value is -1.73. The minimum Gasteiger partial charge on any atom is -0.355 e. The molecule has 1 aliphatic rings. The van der Waals surface area contributed by atoms with Crippen LogP contribution in [0.1, 0.15) is 23.7 Å². The first kappa shape index (κ1) is 16.6. The van der Waals surface area contributed by atoms with Crippen molar-refractivity contribution >= 4 is 39.2 Å². The van der Waals surface area contributed by atoms with Gasteiger partial charge in [0.05, 0.1) is 24.5 Å². The second-order valence-corrected chi connectivity index (χ2v) is 6.06. The Morgan fingerprint density at radius 3 is 2.77 bits per heavy atom. The van der Waals surface area contributed by atoms with E-state index in [4.69, 9.17) is 0 Å². The number of nitrogens with zero attached hydrogens (tertiary/aromatic N) is 2. The van der Waals surface area contributed by atoms with Gasteiger partial charge in [-0.2, -0.15) is 0 Å². The fraction of sp³-hybridized carbons (Fsp3) is 0.400. The molecule has 0 bridgehead atoms. The Kier molecular flexibility index (Phi) is 5.31. The number of carbonyl (C=O) groups is 3. The van der Waals surface area contributed by atoms with E-state index >= 15 is 0 Å². The lowest BCUT2D eigenvalue weighted by molar-refractivity contribution is -0.122. The molecular formula is C15H18BrN3O3. The smallest absolute Gasteiger partial charge is 0.300 e. The van der Waals surface area contributed by atoms with Gasteiger partial charge in [0.2, 0.25) is 5.91 Å². The SMILES string of the molecule is CCCNC(=O)CN(C)CN1C(=O)C(=O)c2cccc(Br)c21. The average Bonchev–Trinajstić information content (AvgIpc) is 2.71. The molecule has 0 fully saturated rings. The molecule has 118 valence electrons. The van der Waals surface area contributed by atoms with Crippen LogP contribution in [0.4, 0.5) is 5.69 Å². The summed E-state index contributed by atoms with van der Waals surface area (Å²) in [5.41, 5.74) is 0.960. The highest BCUT2D eigenvalue weighted by Crippen LogP contribution is 2.35. The standard InChI is InChI=1S/C15H18BrN3O3/c1-3-7-17-12(20)8-18(2)9-19-13-10(14(21)15(19)22)5-4-6-11(13)16/h4-6H,3,7-9H2,1-2H3,(H,17,20). The van der Waals surface area contributed by atoms with Gasteiger partial charge in [0.1, 0.15) is 0 Å². The van der Waals surface area contributed by atoms with E-state index in [0.29, 0.717) is 22.3 Å². The third kappa shape index (κ3) is 3.36. The Balaban J connectivity index is 2.09. The summed E-state index contributed by atoms with van der Waals surface area (Å²) < 4.78 is 0.688. The maximum Gasteiger partial charge on any atom is 0.300 e. The molecule has 6 nitrogen and oxygen atoms in total. The largest absolute Gasteiger partial charge is 0.355 e. The Morgan fingerprint density at radius 2 is 2.09 bits per heavy atom. The number of hydrogen-bond acceptors (Lipinski definition) is 4. The van der Waals surface area contributed by atoms with Crippen molar-refractivity contribution in [2.75, 3.05) is 31.7 Å². The molecule has 0 saturated carbocycles. The molecule has 2 rings (SSSR count). The highest BCUT2D eigenvalue weighted by molar-refractivity contribution is 9.10. The number of benzene rings is 1. The van der Waals surface area contributed by atoms with Crippen molar-refractivity contribution in [3.8, 4) is 0 Å². The van der Waals surface area contributed by atoms with E-state index in [-0.39, 0.29) is 19.1 Å². The Labute approximate surface area is 137 Å². The molecule has 1 N–H and O–H groups in total. The molecular weight excluding hydrogens is 350 g/mol. The normalized spacial score (nSPS) is 13.7. The van der Waals surface area contributed by atoms with Crippen LogP contribution < -0.4 is 10.2 Å². The molecule has 0 atom stereocenters. The molecule has 0 radical (unpaired) electrons. The third-order valence-corrected chi connectivity index (χ3v) is 3.95. The lowest BCUT2D eigenvalue weighted by Gasteiger charge is -2.24. The summed E-state index contributed by atoms with van der Waals surface area (Å²) in [6.45, 7) is 2.95. The molecule has 0 spiro atoms. The fourth-order valence-corrected chi connectivity index (χ4v) is 2.88. The summed E-state index contributed by atoms with van der Waals surface area (Å²) >= 11 is 3.37. The summed E-state index contributed by atoms with van der Waals surface area (Å²) in [6, 6.07) is 5.14. The van der Waals surface area contributed by atoms with Crippen LogP contribution in [0.3, 0.4) is 0 Å². The number of carbonyl (C=O) groups excluding carboxylic acids is 3. The molecule has 0 aliphatic carbocycles. The summed E-state index contributed by atoms with van der Waals surface area (Å²) in [7, 11) is 1.73. The number of amides is 2. The molecule has 0 aromatic heterocycles. The molecule has 1 heterocycles. The van der Waals surface area contributed by atoms with Gasteiger partial charge in [-0.3, -0.25) is 24.2 Å². The van der Waals surface area contributed by atoms with Crippen molar-refractivity contribution in [3.05, 3.63) is 28.2 Å². The van der Waals surface area contributed by atoms with E-state index in [0.717, 1.165) is 6.42 Å². The summed E-state index contributed by atoms with van der Waals surface area (Å²) in [4.78, 5) is 38.9. The second kappa shape index (κ2) is 7.02. The van der Waals surface area contributed by atoms with Crippen molar-refractivity contribution in [1.29, 1.82) is 0 Å². The Bertz CT molecular complexity index is 618. The van der Waals surface area contributed by atoms with Gasteiger partial charge >= 0.3 is 5.91 Å². The van der Waals surface area contributed by atoms with Crippen LogP contribution in [0, 0.1) is 0 Å². The number of likely N-dealkylation sites (N-methyl/N-ethyl adjacent to an activating group) is 1. The quantitative estimate of drug-likeness (QED) is 0.771. The van der Waals surface area contributed by atoms with Crippen molar-refractivity contribution in [3.63, 3.8) is 0 Å². The van der Waals surface area contributed by atoms with Crippen LogP contribution in [0.25, 0.3) is 0 Å². The van der Waals surface area contributed by atoms with Crippen molar-refractivity contribution in [2.24, 2.45) is 0 Å². The van der Waals surface area contributed by atoms with E-state index in [1.54, 1.807) is 30.1 Å². The molecule has 0 saturated heterocycles. The zero-order valence-corrected chi connectivity index (χ0v) is 14.1. The van der Waals surface area contributed by atoms with Crippen molar-refractivity contribution in [1.82, 2.24) is 10.2 Å². The average molecular weight is 368 g/mol. The Morgan fingerprint density at radius 1 is 1.36 bits per heavy atom. The number of fused-ring (bicyclic) bond motifs is 1. The number of anilines is 1. The summed E-state index contributed by atoms with van der Waals surface area (Å²) in [5, 5.41) is 2.78. The van der Waals surface area contributed by atoms with Gasteiger partial charge in [0.25, 0.3) is 5.78 Å². The van der Waals surface area contributed by atoms with E-state index in [9.17, 15) is 14.4 Å². The predicted molar refractivity (Wildman–Crippen MR) is 86.8 cm³/mol. The van der Waals surface area contributed by atoms with Gasteiger partial charge in [0, 0.05) is 11.0 Å². The fourth-order valence-electron chi connectivity index (χ4n) is 2.30. The zero-order chi connectivity index (χ0) is 16.3. The number of rotatable bonds is 6. The lowest BCUT2D eigenvalue weighted by Crippen LogP contribution is -2.43. The van der Waals surface area contributed by atoms with Crippen LogP contribution >= 0.6 is 15.9 Å². The van der Waals surface area contributed by atoms with Crippen molar-refractivity contribution in [2.45, 2.75) is 13.3 Å². The first-order valence-electron chi connectivity index (χ1n) is 7.05. The lowest BCUT2D eigenvalue weighted by atomic mass is 10.1. The minimum atomic E-state index is -0.567. The third-order valence-electron chi connectivity index (χ3n) is 3.31. The van der Waals surface area contributed by atoms with Crippen LogP contribution in [0.2, 0.25) is 0 Å². The second-order valence-electron chi connectivity index (χ2n) is 5.20. The maximum atomic E-state index is 12.1. The monoisotopic (exact) mass is 367 g/mol. The molecule has 7 heteroatoms. The molecule has 0 unspecified atom stereocenters. The summed E-state index contributed by atoms with van der Waals surface area (Å²) in [6.07, 6.45) is 0.870. The molecule has 1 aromatic rings. The van der Waals surface area contributed by atoms with E-state index in [2.05, 4.69) is 21.2 Å². The van der Waals surface area contributed by atoms with Gasteiger partial charge in [0.15, 0.2) is 0 Å².